The zero-order valence-electron chi connectivity index (χ0n) is 12.2. The van der Waals surface area contributed by atoms with Crippen molar-refractivity contribution >= 4 is 52.4 Å². The van der Waals surface area contributed by atoms with E-state index in [0.29, 0.717) is 5.69 Å². The highest BCUT2D eigenvalue weighted by atomic mass is 35.5. The second kappa shape index (κ2) is 7.40. The average molecular weight is 381 g/mol. The summed E-state index contributed by atoms with van der Waals surface area (Å²) in [6.45, 7) is -0.116. The largest absolute Gasteiger partial charge is 0.466 e. The summed E-state index contributed by atoms with van der Waals surface area (Å²) in [6, 6.07) is 2.90. The molecular weight excluding hydrogens is 369 g/mol. The van der Waals surface area contributed by atoms with E-state index in [0.717, 1.165) is 0 Å². The third kappa shape index (κ3) is 3.55. The Morgan fingerprint density at radius 2 is 1.65 bits per heavy atom. The van der Waals surface area contributed by atoms with Crippen LogP contribution in [0.25, 0.3) is 0 Å². The number of ether oxygens (including phenoxy) is 3. The molecule has 1 aromatic rings. The van der Waals surface area contributed by atoms with E-state index in [4.69, 9.17) is 44.3 Å². The normalized spacial score (nSPS) is 14.7. The summed E-state index contributed by atoms with van der Waals surface area (Å²) in [5, 5.41) is 0.728. The molecule has 0 saturated carbocycles. The Kier molecular flexibility index (Phi) is 5.75. The Hall–Kier alpha value is -1.47. The molecule has 0 spiro atoms. The third-order valence-corrected chi connectivity index (χ3v) is 4.14. The molecule has 1 aliphatic rings. The summed E-state index contributed by atoms with van der Waals surface area (Å²) in [7, 11) is 2.41. The first-order valence-electron chi connectivity index (χ1n) is 6.30. The molecule has 0 bridgehead atoms. The van der Waals surface area contributed by atoms with E-state index in [1.807, 2.05) is 0 Å². The number of anilines is 1. The van der Waals surface area contributed by atoms with Gasteiger partial charge in [0.1, 0.15) is 12.4 Å². The molecule has 0 saturated heterocycles. The smallest absolute Gasteiger partial charge is 0.355 e. The van der Waals surface area contributed by atoms with Crippen LogP contribution in [0.4, 0.5) is 5.69 Å². The molecule has 0 N–H and O–H groups in total. The van der Waals surface area contributed by atoms with Crippen LogP contribution in [-0.2, 0) is 23.8 Å². The summed E-state index contributed by atoms with van der Waals surface area (Å²) in [5.74, 6) is -1.43. The van der Waals surface area contributed by atoms with E-state index in [2.05, 4.69) is 4.74 Å². The zero-order valence-corrected chi connectivity index (χ0v) is 14.5. The molecule has 9 heteroatoms. The standard InChI is InChI=1S/C14H12Cl3NO5/c1-21-13(19)7-5-23-6-18(12(7)14(20)22-2)11-4-9(16)8(15)3-10(11)17/h3-4H,5-6H2,1-2H3. The number of halogens is 3. The number of esters is 2. The van der Waals surface area contributed by atoms with Crippen molar-refractivity contribution in [3.63, 3.8) is 0 Å². The third-order valence-electron chi connectivity index (χ3n) is 3.11. The number of hydrogen-bond acceptors (Lipinski definition) is 6. The molecule has 0 fully saturated rings. The molecule has 0 unspecified atom stereocenters. The molecule has 0 aromatic heterocycles. The maximum atomic E-state index is 12.2. The highest BCUT2D eigenvalue weighted by molar-refractivity contribution is 6.44. The molecule has 2 rings (SSSR count). The Morgan fingerprint density at radius 1 is 1.04 bits per heavy atom. The average Bonchev–Trinajstić information content (AvgIpc) is 2.56. The Balaban J connectivity index is 2.62. The van der Waals surface area contributed by atoms with Gasteiger partial charge < -0.3 is 19.1 Å². The fourth-order valence-electron chi connectivity index (χ4n) is 2.05. The van der Waals surface area contributed by atoms with Gasteiger partial charge in [-0.2, -0.15) is 0 Å². The summed E-state index contributed by atoms with van der Waals surface area (Å²) >= 11 is 18.1. The minimum atomic E-state index is -0.726. The minimum absolute atomic E-state index is 0.0211. The van der Waals surface area contributed by atoms with E-state index in [1.54, 1.807) is 0 Å². The van der Waals surface area contributed by atoms with Crippen LogP contribution < -0.4 is 4.90 Å². The number of nitrogens with zero attached hydrogens (tertiary/aromatic N) is 1. The second-order valence-corrected chi connectivity index (χ2v) is 5.66. The molecular formula is C14H12Cl3NO5. The summed E-state index contributed by atoms with van der Waals surface area (Å²) < 4.78 is 14.8. The quantitative estimate of drug-likeness (QED) is 0.593. The van der Waals surface area contributed by atoms with Crippen LogP contribution in [0.15, 0.2) is 23.4 Å². The van der Waals surface area contributed by atoms with Gasteiger partial charge in [-0.05, 0) is 12.1 Å². The van der Waals surface area contributed by atoms with Crippen molar-refractivity contribution in [1.82, 2.24) is 0 Å². The maximum Gasteiger partial charge on any atom is 0.355 e. The van der Waals surface area contributed by atoms with Gasteiger partial charge in [-0.25, -0.2) is 9.59 Å². The van der Waals surface area contributed by atoms with E-state index in [9.17, 15) is 9.59 Å². The van der Waals surface area contributed by atoms with E-state index >= 15 is 0 Å². The van der Waals surface area contributed by atoms with Crippen molar-refractivity contribution in [2.45, 2.75) is 0 Å². The van der Waals surface area contributed by atoms with Crippen molar-refractivity contribution in [1.29, 1.82) is 0 Å². The highest BCUT2D eigenvalue weighted by Crippen LogP contribution is 2.37. The Labute approximate surface area is 147 Å². The molecule has 0 radical (unpaired) electrons. The first-order chi connectivity index (χ1) is 10.9. The van der Waals surface area contributed by atoms with E-state index in [1.165, 1.54) is 31.3 Å². The van der Waals surface area contributed by atoms with Gasteiger partial charge in [0, 0.05) is 0 Å². The molecule has 1 aromatic carbocycles. The molecule has 124 valence electrons. The van der Waals surface area contributed by atoms with Crippen molar-refractivity contribution in [2.24, 2.45) is 0 Å². The molecule has 23 heavy (non-hydrogen) atoms. The van der Waals surface area contributed by atoms with Crippen molar-refractivity contribution < 1.29 is 23.8 Å². The fourth-order valence-corrected chi connectivity index (χ4v) is 2.70. The number of methoxy groups -OCH3 is 2. The van der Waals surface area contributed by atoms with Crippen molar-refractivity contribution in [3.05, 3.63) is 38.5 Å². The lowest BCUT2D eigenvalue weighted by molar-refractivity contribution is -0.140. The first kappa shape index (κ1) is 17.9. The van der Waals surface area contributed by atoms with Crippen LogP contribution in [0, 0.1) is 0 Å². The lowest BCUT2D eigenvalue weighted by atomic mass is 10.1. The molecule has 1 aliphatic heterocycles. The number of rotatable bonds is 3. The van der Waals surface area contributed by atoms with Gasteiger partial charge in [0.05, 0.1) is 47.2 Å². The van der Waals surface area contributed by atoms with Crippen LogP contribution >= 0.6 is 34.8 Å². The van der Waals surface area contributed by atoms with Gasteiger partial charge in [0.2, 0.25) is 0 Å². The number of benzene rings is 1. The number of carbonyl (C=O) groups excluding carboxylic acids is 2. The van der Waals surface area contributed by atoms with E-state index < -0.39 is 11.9 Å². The van der Waals surface area contributed by atoms with Gasteiger partial charge in [-0.1, -0.05) is 34.8 Å². The van der Waals surface area contributed by atoms with E-state index in [-0.39, 0.29) is 39.7 Å². The first-order valence-corrected chi connectivity index (χ1v) is 7.43. The van der Waals surface area contributed by atoms with Crippen molar-refractivity contribution in [2.75, 3.05) is 32.5 Å². The number of hydrogen-bond donors (Lipinski definition) is 0. The minimum Gasteiger partial charge on any atom is -0.466 e. The lowest BCUT2D eigenvalue weighted by Crippen LogP contribution is -2.39. The molecule has 1 heterocycles. The predicted octanol–water partition coefficient (Wildman–Crippen LogP) is 3.04. The van der Waals surface area contributed by atoms with Crippen LogP contribution in [-0.4, -0.2) is 39.5 Å². The molecule has 0 amide bonds. The van der Waals surface area contributed by atoms with Gasteiger partial charge in [-0.15, -0.1) is 0 Å². The van der Waals surface area contributed by atoms with Crippen molar-refractivity contribution in [3.8, 4) is 0 Å². The van der Waals surface area contributed by atoms with Crippen LogP contribution in [0.1, 0.15) is 0 Å². The maximum absolute atomic E-state index is 12.2. The summed E-state index contributed by atoms with van der Waals surface area (Å²) in [6.07, 6.45) is 0. The van der Waals surface area contributed by atoms with Gasteiger partial charge in [-0.3, -0.25) is 0 Å². The predicted molar refractivity (Wildman–Crippen MR) is 85.8 cm³/mol. The topological polar surface area (TPSA) is 65.1 Å². The molecule has 0 atom stereocenters. The second-order valence-electron chi connectivity index (χ2n) is 4.43. The fraction of sp³-hybridized carbons (Fsp3) is 0.286. The van der Waals surface area contributed by atoms with Gasteiger partial charge in [0.25, 0.3) is 0 Å². The molecule has 6 nitrogen and oxygen atoms in total. The SMILES string of the molecule is COC(=O)C1=C(C(=O)OC)N(c2cc(Cl)c(Cl)cc2Cl)COC1. The summed E-state index contributed by atoms with van der Waals surface area (Å²) in [4.78, 5) is 25.4. The van der Waals surface area contributed by atoms with Crippen LogP contribution in [0.3, 0.4) is 0 Å². The zero-order chi connectivity index (χ0) is 17.1. The Morgan fingerprint density at radius 3 is 2.26 bits per heavy atom. The monoisotopic (exact) mass is 379 g/mol. The highest BCUT2D eigenvalue weighted by Gasteiger charge is 2.33. The van der Waals surface area contributed by atoms with Crippen LogP contribution in [0.2, 0.25) is 15.1 Å². The molecule has 0 aliphatic carbocycles. The summed E-state index contributed by atoms with van der Waals surface area (Å²) in [5.41, 5.74) is 0.348. The van der Waals surface area contributed by atoms with Crippen LogP contribution in [0.5, 0.6) is 0 Å². The number of carbonyl (C=O) groups is 2. The van der Waals surface area contributed by atoms with Gasteiger partial charge in [0.15, 0.2) is 0 Å². The Bertz CT molecular complexity index is 689. The lowest BCUT2D eigenvalue weighted by Gasteiger charge is -2.32. The van der Waals surface area contributed by atoms with Gasteiger partial charge >= 0.3 is 11.9 Å².